The summed E-state index contributed by atoms with van der Waals surface area (Å²) in [5, 5.41) is 21.4. The van der Waals surface area contributed by atoms with Gasteiger partial charge in [0.05, 0.1) is 6.04 Å². The molecule has 0 spiro atoms. The van der Waals surface area contributed by atoms with E-state index < -0.39 is 65.7 Å². The number of carboxylic acid groups (broad SMARTS) is 1. The van der Waals surface area contributed by atoms with Gasteiger partial charge >= 0.3 is 5.97 Å². The average Bonchev–Trinajstić information content (AvgIpc) is 3.50. The van der Waals surface area contributed by atoms with Gasteiger partial charge in [-0.15, -0.1) is 0 Å². The molecule has 0 aliphatic heterocycles. The predicted octanol–water partition coefficient (Wildman–Crippen LogP) is 1.06. The van der Waals surface area contributed by atoms with Crippen molar-refractivity contribution in [2.75, 3.05) is 6.54 Å². The van der Waals surface area contributed by atoms with Crippen LogP contribution in [0.2, 0.25) is 0 Å². The number of fused-ring (bicyclic) bond motifs is 1. The van der Waals surface area contributed by atoms with E-state index in [4.69, 9.17) is 17.2 Å². The Morgan fingerprint density at radius 3 is 2.00 bits per heavy atom. The van der Waals surface area contributed by atoms with Crippen molar-refractivity contribution in [3.05, 3.63) is 71.9 Å². The van der Waals surface area contributed by atoms with E-state index in [1.165, 1.54) is 0 Å². The van der Waals surface area contributed by atoms with E-state index in [0.717, 1.165) is 16.5 Å². The van der Waals surface area contributed by atoms with Gasteiger partial charge in [0, 0.05) is 30.1 Å². The number of carbonyl (C=O) groups excluding carboxylic acids is 4. The molecule has 3 rings (SSSR count). The van der Waals surface area contributed by atoms with E-state index in [-0.39, 0.29) is 50.5 Å². The van der Waals surface area contributed by atoms with Crippen LogP contribution in [-0.2, 0) is 36.8 Å². The van der Waals surface area contributed by atoms with Crippen molar-refractivity contribution in [1.29, 1.82) is 0 Å². The molecule has 0 radical (unpaired) electrons. The molecule has 52 heavy (non-hydrogen) atoms. The second kappa shape index (κ2) is 19.8. The molecule has 0 saturated carbocycles. The zero-order valence-electron chi connectivity index (χ0n) is 30.2. The zero-order valence-corrected chi connectivity index (χ0v) is 30.2. The lowest BCUT2D eigenvalue weighted by molar-refractivity contribution is -0.143. The number of hydrogen-bond acceptors (Lipinski definition) is 7. The molecule has 0 aliphatic rings. The van der Waals surface area contributed by atoms with Crippen molar-refractivity contribution >= 4 is 46.5 Å². The first kappa shape index (κ1) is 41.0. The molecule has 282 valence electrons. The number of H-pyrrole nitrogens is 1. The Labute approximate surface area is 303 Å². The van der Waals surface area contributed by atoms with Gasteiger partial charge in [0.1, 0.15) is 24.2 Å². The Morgan fingerprint density at radius 2 is 1.37 bits per heavy atom. The third-order valence-corrected chi connectivity index (χ3v) is 8.52. The van der Waals surface area contributed by atoms with Crippen LogP contribution >= 0.6 is 0 Å². The minimum Gasteiger partial charge on any atom is -0.480 e. The maximum Gasteiger partial charge on any atom is 0.326 e. The lowest BCUT2D eigenvalue weighted by Gasteiger charge is -2.27. The van der Waals surface area contributed by atoms with Crippen LogP contribution in [0.1, 0.15) is 58.1 Å². The monoisotopic (exact) mass is 719 g/mol. The molecular weight excluding hydrogens is 666 g/mol. The average molecular weight is 720 g/mol. The van der Waals surface area contributed by atoms with Crippen LogP contribution in [0.4, 0.5) is 0 Å². The van der Waals surface area contributed by atoms with Crippen molar-refractivity contribution in [2.45, 2.75) is 90.0 Å². The zero-order chi connectivity index (χ0) is 38.4. The molecule has 15 nitrogen and oxygen atoms in total. The SMILES string of the molecule is CC(C)C[C@H](NC(=O)[C@@H](N)Cc1ccccc1)C(=O)N[C@@H](CCCN=C(N)N)C(=O)N[C@@H](Cc1c[nH]c2ccccc12)C(=O)N[C@H](C(=O)O)C(C)C. The molecule has 2 aromatic carbocycles. The lowest BCUT2D eigenvalue weighted by atomic mass is 9.99. The number of aromatic amines is 1. The van der Waals surface area contributed by atoms with Crippen LogP contribution in [0.15, 0.2) is 65.8 Å². The molecule has 3 aromatic rings. The van der Waals surface area contributed by atoms with Gasteiger partial charge in [0.2, 0.25) is 23.6 Å². The van der Waals surface area contributed by atoms with Crippen molar-refractivity contribution < 1.29 is 29.1 Å². The van der Waals surface area contributed by atoms with Gasteiger partial charge in [0.25, 0.3) is 0 Å². The normalized spacial score (nSPS) is 14.1. The van der Waals surface area contributed by atoms with Crippen LogP contribution in [0, 0.1) is 11.8 Å². The molecule has 0 aliphatic carbocycles. The maximum atomic E-state index is 14.0. The summed E-state index contributed by atoms with van der Waals surface area (Å²) in [5.41, 5.74) is 19.6. The number of nitrogens with two attached hydrogens (primary N) is 3. The first-order valence-corrected chi connectivity index (χ1v) is 17.5. The topological polar surface area (TPSA) is 260 Å². The summed E-state index contributed by atoms with van der Waals surface area (Å²) >= 11 is 0. The second-order valence-corrected chi connectivity index (χ2v) is 13.7. The first-order valence-electron chi connectivity index (χ1n) is 17.5. The van der Waals surface area contributed by atoms with E-state index in [1.54, 1.807) is 20.0 Å². The number of aliphatic carboxylic acids is 1. The lowest BCUT2D eigenvalue weighted by Crippen LogP contribution is -2.59. The van der Waals surface area contributed by atoms with Crippen LogP contribution in [0.5, 0.6) is 0 Å². The predicted molar refractivity (Wildman–Crippen MR) is 200 cm³/mol. The number of hydrogen-bond donors (Lipinski definition) is 9. The summed E-state index contributed by atoms with van der Waals surface area (Å²) in [5.74, 6) is -4.33. The van der Waals surface area contributed by atoms with E-state index in [0.29, 0.717) is 5.56 Å². The Bertz CT molecular complexity index is 1690. The standard InChI is InChI=1S/C37H53N9O6/c1-21(2)17-29(44-32(47)26(38)18-23-11-6-5-7-12-23)34(49)43-28(15-10-16-41-37(39)40)33(48)45-30(35(50)46-31(22(3)4)36(51)52)19-24-20-42-27-14-9-8-13-25(24)27/h5-9,11-14,20-22,26,28-31,42H,10,15-19,38H2,1-4H3,(H,43,49)(H,44,47)(H,45,48)(H,46,50)(H,51,52)(H4,39,40,41)/t26-,28-,29-,30-,31-/m0/s1. The van der Waals surface area contributed by atoms with Gasteiger partial charge in [-0.3, -0.25) is 24.2 Å². The van der Waals surface area contributed by atoms with Crippen LogP contribution < -0.4 is 38.5 Å². The number of amides is 4. The van der Waals surface area contributed by atoms with Crippen LogP contribution in [0.3, 0.4) is 0 Å². The Balaban J connectivity index is 1.87. The fourth-order valence-electron chi connectivity index (χ4n) is 5.76. The van der Waals surface area contributed by atoms with Gasteiger partial charge in [-0.1, -0.05) is 76.2 Å². The molecule has 0 fully saturated rings. The highest BCUT2D eigenvalue weighted by Gasteiger charge is 2.33. The van der Waals surface area contributed by atoms with Gasteiger partial charge in [-0.05, 0) is 54.7 Å². The Kier molecular flexibility index (Phi) is 15.6. The molecule has 5 atom stereocenters. The highest BCUT2D eigenvalue weighted by molar-refractivity contribution is 5.96. The molecule has 1 heterocycles. The van der Waals surface area contributed by atoms with E-state index in [2.05, 4.69) is 31.2 Å². The third-order valence-electron chi connectivity index (χ3n) is 8.52. The number of carboxylic acids is 1. The molecule has 0 unspecified atom stereocenters. The molecule has 15 heteroatoms. The van der Waals surface area contributed by atoms with Crippen molar-refractivity contribution in [3.8, 4) is 0 Å². The number of carbonyl (C=O) groups is 5. The minimum absolute atomic E-state index is 0.0112. The largest absolute Gasteiger partial charge is 0.480 e. The molecule has 4 amide bonds. The number of rotatable bonds is 20. The van der Waals surface area contributed by atoms with Crippen LogP contribution in [0.25, 0.3) is 10.9 Å². The van der Waals surface area contributed by atoms with Gasteiger partial charge in [-0.25, -0.2) is 4.79 Å². The van der Waals surface area contributed by atoms with Crippen molar-refractivity contribution in [2.24, 2.45) is 34.0 Å². The molecule has 12 N–H and O–H groups in total. The number of aromatic nitrogens is 1. The highest BCUT2D eigenvalue weighted by atomic mass is 16.4. The Hall–Kier alpha value is -5.44. The summed E-state index contributed by atoms with van der Waals surface area (Å²) in [7, 11) is 0. The van der Waals surface area contributed by atoms with Crippen LogP contribution in [-0.4, -0.2) is 82.4 Å². The van der Waals surface area contributed by atoms with E-state index in [9.17, 15) is 29.1 Å². The molecule has 0 saturated heterocycles. The molecule has 0 bridgehead atoms. The number of para-hydroxylation sites is 1. The third kappa shape index (κ3) is 12.7. The van der Waals surface area contributed by atoms with E-state index >= 15 is 0 Å². The number of nitrogens with zero attached hydrogens (tertiary/aromatic N) is 1. The van der Waals surface area contributed by atoms with Gasteiger partial charge < -0.3 is 48.6 Å². The molecular formula is C37H53N9O6. The number of nitrogens with one attached hydrogen (secondary N) is 5. The Morgan fingerprint density at radius 1 is 0.769 bits per heavy atom. The van der Waals surface area contributed by atoms with Crippen molar-refractivity contribution in [1.82, 2.24) is 26.3 Å². The number of aliphatic imine (C=N–C) groups is 1. The first-order chi connectivity index (χ1) is 24.7. The maximum absolute atomic E-state index is 14.0. The quantitative estimate of drug-likeness (QED) is 0.0459. The summed E-state index contributed by atoms with van der Waals surface area (Å²) < 4.78 is 0. The fraction of sp³-hybridized carbons (Fsp3) is 0.459. The molecule has 1 aromatic heterocycles. The fourth-order valence-corrected chi connectivity index (χ4v) is 5.76. The summed E-state index contributed by atoms with van der Waals surface area (Å²) in [6, 6.07) is 11.2. The number of guanidine groups is 1. The second-order valence-electron chi connectivity index (χ2n) is 13.7. The minimum atomic E-state index is -1.22. The summed E-state index contributed by atoms with van der Waals surface area (Å²) in [4.78, 5) is 73.8. The van der Waals surface area contributed by atoms with Gasteiger partial charge in [0.15, 0.2) is 5.96 Å². The van der Waals surface area contributed by atoms with E-state index in [1.807, 2.05) is 68.4 Å². The smallest absolute Gasteiger partial charge is 0.326 e. The highest BCUT2D eigenvalue weighted by Crippen LogP contribution is 2.20. The number of benzene rings is 2. The summed E-state index contributed by atoms with van der Waals surface area (Å²) in [6.45, 7) is 7.28. The summed E-state index contributed by atoms with van der Waals surface area (Å²) in [6.07, 6.45) is 2.63. The van der Waals surface area contributed by atoms with Crippen molar-refractivity contribution in [3.63, 3.8) is 0 Å². The van der Waals surface area contributed by atoms with Gasteiger partial charge in [-0.2, -0.15) is 0 Å².